The van der Waals surface area contributed by atoms with E-state index in [4.69, 9.17) is 9.57 Å². The molecule has 0 spiro atoms. The number of aryl methyl sites for hydroxylation is 1. The third-order valence-electron chi connectivity index (χ3n) is 4.17. The van der Waals surface area contributed by atoms with E-state index in [9.17, 15) is 4.79 Å². The van der Waals surface area contributed by atoms with Crippen molar-refractivity contribution in [1.29, 1.82) is 0 Å². The van der Waals surface area contributed by atoms with E-state index in [1.54, 1.807) is 20.2 Å². The second-order valence-corrected chi connectivity index (χ2v) is 6.14. The van der Waals surface area contributed by atoms with Gasteiger partial charge in [0, 0.05) is 31.9 Å². The van der Waals surface area contributed by atoms with Crippen molar-refractivity contribution >= 4 is 11.6 Å². The summed E-state index contributed by atoms with van der Waals surface area (Å²) < 4.78 is 6.99. The van der Waals surface area contributed by atoms with E-state index in [1.165, 1.54) is 0 Å². The first kappa shape index (κ1) is 17.0. The van der Waals surface area contributed by atoms with E-state index in [1.807, 2.05) is 41.2 Å². The van der Waals surface area contributed by atoms with Crippen molar-refractivity contribution in [3.8, 4) is 5.75 Å². The quantitative estimate of drug-likeness (QED) is 0.781. The normalized spacial score (nSPS) is 19.2. The van der Waals surface area contributed by atoms with Crippen LogP contribution in [-0.2, 0) is 16.2 Å². The van der Waals surface area contributed by atoms with Crippen LogP contribution in [0, 0.1) is 0 Å². The summed E-state index contributed by atoms with van der Waals surface area (Å²) >= 11 is 0. The molecule has 7 nitrogen and oxygen atoms in total. The van der Waals surface area contributed by atoms with Crippen molar-refractivity contribution in [1.82, 2.24) is 15.1 Å². The average Bonchev–Trinajstić information content (AvgIpc) is 3.29. The van der Waals surface area contributed by atoms with Gasteiger partial charge < -0.3 is 14.9 Å². The molecular formula is C18H22N4O3. The van der Waals surface area contributed by atoms with Crippen LogP contribution in [0.25, 0.3) is 0 Å². The number of oxime groups is 1. The van der Waals surface area contributed by atoms with Gasteiger partial charge in [-0.1, -0.05) is 5.16 Å². The molecule has 0 saturated carbocycles. The Morgan fingerprint density at radius 1 is 1.40 bits per heavy atom. The van der Waals surface area contributed by atoms with Crippen LogP contribution in [0.4, 0.5) is 0 Å². The Balaban J connectivity index is 1.49. The Morgan fingerprint density at radius 3 is 2.88 bits per heavy atom. The molecule has 1 aliphatic rings. The second-order valence-electron chi connectivity index (χ2n) is 6.14. The first-order valence-electron chi connectivity index (χ1n) is 8.26. The van der Waals surface area contributed by atoms with E-state index in [0.717, 1.165) is 30.0 Å². The molecule has 0 aliphatic carbocycles. The molecule has 0 fully saturated rings. The van der Waals surface area contributed by atoms with Crippen LogP contribution in [0.2, 0.25) is 0 Å². The van der Waals surface area contributed by atoms with Crippen LogP contribution in [0.3, 0.4) is 0 Å². The fourth-order valence-electron chi connectivity index (χ4n) is 2.66. The number of benzene rings is 1. The molecule has 132 valence electrons. The van der Waals surface area contributed by atoms with Crippen LogP contribution in [-0.4, -0.2) is 40.7 Å². The predicted molar refractivity (Wildman–Crippen MR) is 93.5 cm³/mol. The van der Waals surface area contributed by atoms with Gasteiger partial charge >= 0.3 is 0 Å². The number of nitrogens with one attached hydrogen (secondary N) is 1. The third kappa shape index (κ3) is 3.99. The molecule has 1 aromatic heterocycles. The molecule has 0 saturated heterocycles. The Kier molecular flexibility index (Phi) is 5.02. The van der Waals surface area contributed by atoms with Gasteiger partial charge in [0.25, 0.3) is 5.91 Å². The summed E-state index contributed by atoms with van der Waals surface area (Å²) in [4.78, 5) is 17.9. The van der Waals surface area contributed by atoms with Crippen molar-refractivity contribution in [3.05, 3.63) is 48.3 Å². The Labute approximate surface area is 146 Å². The average molecular weight is 342 g/mol. The Hall–Kier alpha value is -2.83. The Morgan fingerprint density at radius 2 is 2.20 bits per heavy atom. The van der Waals surface area contributed by atoms with Gasteiger partial charge in [0.05, 0.1) is 12.8 Å². The number of hydrogen-bond acceptors (Lipinski definition) is 5. The number of rotatable bonds is 7. The van der Waals surface area contributed by atoms with Gasteiger partial charge in [0.2, 0.25) is 5.60 Å². The highest BCUT2D eigenvalue weighted by atomic mass is 16.7. The number of amides is 1. The minimum atomic E-state index is -0.971. The molecule has 1 amide bonds. The van der Waals surface area contributed by atoms with E-state index in [-0.39, 0.29) is 5.91 Å². The maximum Gasteiger partial charge on any atom is 0.267 e. The van der Waals surface area contributed by atoms with Crippen LogP contribution >= 0.6 is 0 Å². The fourth-order valence-corrected chi connectivity index (χ4v) is 2.66. The SMILES string of the molecule is COc1ccc(C2=NO[C@@](C)(C(=O)NCCCn3cccn3)C2)cc1. The van der Waals surface area contributed by atoms with Crippen molar-refractivity contribution in [2.45, 2.75) is 31.9 Å². The summed E-state index contributed by atoms with van der Waals surface area (Å²) in [6, 6.07) is 9.43. The molecule has 1 aliphatic heterocycles. The van der Waals surface area contributed by atoms with Gasteiger partial charge in [-0.05, 0) is 49.2 Å². The minimum Gasteiger partial charge on any atom is -0.497 e. The standard InChI is InChI=1S/C18H22N4O3/c1-18(17(23)19-9-3-11-22-12-4-10-20-22)13-16(21-25-18)14-5-7-15(24-2)8-6-14/h4-8,10,12H,3,9,11,13H2,1-2H3,(H,19,23)/t18-/m1/s1. The summed E-state index contributed by atoms with van der Waals surface area (Å²) in [6.07, 6.45) is 4.88. The lowest BCUT2D eigenvalue weighted by atomic mass is 9.95. The maximum atomic E-state index is 12.5. The summed E-state index contributed by atoms with van der Waals surface area (Å²) in [7, 11) is 1.62. The lowest BCUT2D eigenvalue weighted by molar-refractivity contribution is -0.141. The lowest BCUT2D eigenvalue weighted by Gasteiger charge is -2.20. The largest absolute Gasteiger partial charge is 0.497 e. The highest BCUT2D eigenvalue weighted by Crippen LogP contribution is 2.27. The highest BCUT2D eigenvalue weighted by Gasteiger charge is 2.41. The number of carbonyl (C=O) groups is 1. The van der Waals surface area contributed by atoms with Gasteiger partial charge in [0.1, 0.15) is 5.75 Å². The molecule has 1 atom stereocenters. The number of methoxy groups -OCH3 is 1. The molecule has 0 bridgehead atoms. The molecule has 3 rings (SSSR count). The van der Waals surface area contributed by atoms with Crippen molar-refractivity contribution in [2.75, 3.05) is 13.7 Å². The predicted octanol–water partition coefficient (Wildman–Crippen LogP) is 1.98. The summed E-state index contributed by atoms with van der Waals surface area (Å²) in [5.74, 6) is 0.626. The number of carbonyl (C=O) groups excluding carboxylic acids is 1. The Bertz CT molecular complexity index is 740. The molecule has 2 heterocycles. The van der Waals surface area contributed by atoms with E-state index >= 15 is 0 Å². The van der Waals surface area contributed by atoms with E-state index in [2.05, 4.69) is 15.6 Å². The van der Waals surface area contributed by atoms with Crippen molar-refractivity contribution in [2.24, 2.45) is 5.16 Å². The minimum absolute atomic E-state index is 0.153. The lowest BCUT2D eigenvalue weighted by Crippen LogP contribution is -2.45. The highest BCUT2D eigenvalue weighted by molar-refractivity contribution is 6.05. The second kappa shape index (κ2) is 7.38. The molecule has 2 aromatic rings. The smallest absolute Gasteiger partial charge is 0.267 e. The first-order chi connectivity index (χ1) is 12.1. The van der Waals surface area contributed by atoms with E-state index in [0.29, 0.717) is 13.0 Å². The van der Waals surface area contributed by atoms with Gasteiger partial charge in [-0.25, -0.2) is 0 Å². The zero-order chi connectivity index (χ0) is 17.7. The third-order valence-corrected chi connectivity index (χ3v) is 4.17. The number of ether oxygens (including phenoxy) is 1. The summed E-state index contributed by atoms with van der Waals surface area (Å²) in [5.41, 5.74) is 0.717. The van der Waals surface area contributed by atoms with Crippen LogP contribution in [0.5, 0.6) is 5.75 Å². The summed E-state index contributed by atoms with van der Waals surface area (Å²) in [5, 5.41) is 11.2. The number of hydrogen-bond donors (Lipinski definition) is 1. The maximum absolute atomic E-state index is 12.5. The van der Waals surface area contributed by atoms with Gasteiger partial charge in [-0.3, -0.25) is 9.48 Å². The van der Waals surface area contributed by atoms with E-state index < -0.39 is 5.60 Å². The molecule has 1 N–H and O–H groups in total. The summed E-state index contributed by atoms with van der Waals surface area (Å²) in [6.45, 7) is 3.09. The van der Waals surface area contributed by atoms with Gasteiger partial charge in [-0.15, -0.1) is 0 Å². The van der Waals surface area contributed by atoms with Crippen LogP contribution in [0.15, 0.2) is 47.9 Å². The van der Waals surface area contributed by atoms with Crippen LogP contribution < -0.4 is 10.1 Å². The fraction of sp³-hybridized carbons (Fsp3) is 0.389. The molecule has 7 heteroatoms. The van der Waals surface area contributed by atoms with Gasteiger partial charge in [-0.2, -0.15) is 5.10 Å². The molecule has 25 heavy (non-hydrogen) atoms. The number of nitrogens with zero attached hydrogens (tertiary/aromatic N) is 3. The van der Waals surface area contributed by atoms with Crippen LogP contribution in [0.1, 0.15) is 25.3 Å². The molecular weight excluding hydrogens is 320 g/mol. The van der Waals surface area contributed by atoms with Gasteiger partial charge in [0.15, 0.2) is 0 Å². The monoisotopic (exact) mass is 342 g/mol. The zero-order valence-electron chi connectivity index (χ0n) is 14.4. The molecule has 0 radical (unpaired) electrons. The van der Waals surface area contributed by atoms with Crippen molar-refractivity contribution in [3.63, 3.8) is 0 Å². The molecule has 0 unspecified atom stereocenters. The molecule has 1 aromatic carbocycles. The van der Waals surface area contributed by atoms with Crippen molar-refractivity contribution < 1.29 is 14.4 Å². The zero-order valence-corrected chi connectivity index (χ0v) is 14.4. The first-order valence-corrected chi connectivity index (χ1v) is 8.26. The topological polar surface area (TPSA) is 77.7 Å². The number of aromatic nitrogens is 2.